The van der Waals surface area contributed by atoms with Crippen LogP contribution >= 0.6 is 23.1 Å². The molecule has 1 aromatic carbocycles. The lowest BCUT2D eigenvalue weighted by molar-refractivity contribution is -0.119. The van der Waals surface area contributed by atoms with Crippen LogP contribution in [0, 0.1) is 13.8 Å². The molecule has 9 heteroatoms. The standard InChI is InChI=1S/C18H22N4O3S2/c1-11-5-6-13(8-12(11)2)16(24)20-17-21-22-18(27-17)26-10-15(23)19-9-14-4-3-7-25-14/h5-6,8,14H,3-4,7,9-10H2,1-2H3,(H,19,23)(H,20,21,24). The molecular weight excluding hydrogens is 384 g/mol. The molecular formula is C18H22N4O3S2. The van der Waals surface area contributed by atoms with E-state index in [0.29, 0.717) is 21.6 Å². The van der Waals surface area contributed by atoms with Crippen molar-refractivity contribution < 1.29 is 14.3 Å². The molecule has 1 atom stereocenters. The van der Waals surface area contributed by atoms with E-state index in [1.54, 1.807) is 6.07 Å². The summed E-state index contributed by atoms with van der Waals surface area (Å²) >= 11 is 2.55. The summed E-state index contributed by atoms with van der Waals surface area (Å²) in [6, 6.07) is 5.55. The number of amides is 2. The van der Waals surface area contributed by atoms with Gasteiger partial charge in [-0.15, -0.1) is 10.2 Å². The van der Waals surface area contributed by atoms with E-state index in [4.69, 9.17) is 4.74 Å². The van der Waals surface area contributed by atoms with Crippen LogP contribution in [-0.4, -0.2) is 47.0 Å². The van der Waals surface area contributed by atoms with Gasteiger partial charge < -0.3 is 10.1 Å². The Morgan fingerprint density at radius 2 is 2.15 bits per heavy atom. The number of nitrogens with zero attached hydrogens (tertiary/aromatic N) is 2. The molecule has 2 heterocycles. The maximum Gasteiger partial charge on any atom is 0.257 e. The van der Waals surface area contributed by atoms with Gasteiger partial charge in [0.15, 0.2) is 4.34 Å². The van der Waals surface area contributed by atoms with Crippen molar-refractivity contribution in [1.29, 1.82) is 0 Å². The minimum Gasteiger partial charge on any atom is -0.376 e. The summed E-state index contributed by atoms with van der Waals surface area (Å²) in [6.45, 7) is 5.29. The molecule has 0 spiro atoms. The number of ether oxygens (including phenoxy) is 1. The summed E-state index contributed by atoms with van der Waals surface area (Å²) in [5, 5.41) is 14.0. The Balaban J connectivity index is 1.45. The number of carbonyl (C=O) groups is 2. The predicted molar refractivity (Wildman–Crippen MR) is 106 cm³/mol. The number of anilines is 1. The third-order valence-electron chi connectivity index (χ3n) is 4.27. The second-order valence-electron chi connectivity index (χ2n) is 6.35. The zero-order chi connectivity index (χ0) is 19.2. The summed E-state index contributed by atoms with van der Waals surface area (Å²) in [7, 11) is 0. The second-order valence-corrected chi connectivity index (χ2v) is 8.55. The van der Waals surface area contributed by atoms with Crippen LogP contribution < -0.4 is 10.6 Å². The molecule has 1 fully saturated rings. The van der Waals surface area contributed by atoms with Gasteiger partial charge in [0.05, 0.1) is 11.9 Å². The van der Waals surface area contributed by atoms with Crippen molar-refractivity contribution in [1.82, 2.24) is 15.5 Å². The van der Waals surface area contributed by atoms with Crippen LogP contribution in [0.15, 0.2) is 22.5 Å². The van der Waals surface area contributed by atoms with Gasteiger partial charge in [0.25, 0.3) is 5.91 Å². The summed E-state index contributed by atoms with van der Waals surface area (Å²) in [6.07, 6.45) is 2.18. The average molecular weight is 407 g/mol. The first-order chi connectivity index (χ1) is 13.0. The van der Waals surface area contributed by atoms with Crippen LogP contribution in [0.2, 0.25) is 0 Å². The van der Waals surface area contributed by atoms with E-state index in [0.717, 1.165) is 30.6 Å². The highest BCUT2D eigenvalue weighted by Gasteiger charge is 2.17. The largest absolute Gasteiger partial charge is 0.376 e. The fourth-order valence-corrected chi connectivity index (χ4v) is 4.16. The average Bonchev–Trinajstić information content (AvgIpc) is 3.32. The monoisotopic (exact) mass is 406 g/mol. The summed E-state index contributed by atoms with van der Waals surface area (Å²) in [5.74, 6) is -0.0292. The van der Waals surface area contributed by atoms with E-state index in [9.17, 15) is 9.59 Å². The Labute approximate surface area is 166 Å². The van der Waals surface area contributed by atoms with E-state index >= 15 is 0 Å². The van der Waals surface area contributed by atoms with Crippen molar-refractivity contribution >= 4 is 40.0 Å². The predicted octanol–water partition coefficient (Wildman–Crippen LogP) is 2.79. The molecule has 2 aromatic rings. The molecule has 2 amide bonds. The van der Waals surface area contributed by atoms with E-state index in [1.807, 2.05) is 26.0 Å². The number of thioether (sulfide) groups is 1. The van der Waals surface area contributed by atoms with Gasteiger partial charge >= 0.3 is 0 Å². The molecule has 0 saturated carbocycles. The van der Waals surface area contributed by atoms with Gasteiger partial charge in [-0.05, 0) is 49.9 Å². The molecule has 144 valence electrons. The SMILES string of the molecule is Cc1ccc(C(=O)Nc2nnc(SCC(=O)NCC3CCCO3)s2)cc1C. The minimum absolute atomic E-state index is 0.0635. The first-order valence-electron chi connectivity index (χ1n) is 8.74. The van der Waals surface area contributed by atoms with Crippen LogP contribution in [0.4, 0.5) is 5.13 Å². The number of rotatable bonds is 7. The van der Waals surface area contributed by atoms with Crippen LogP contribution in [0.3, 0.4) is 0 Å². The van der Waals surface area contributed by atoms with Gasteiger partial charge in [-0.3, -0.25) is 14.9 Å². The lowest BCUT2D eigenvalue weighted by atomic mass is 10.1. The molecule has 27 heavy (non-hydrogen) atoms. The highest BCUT2D eigenvalue weighted by atomic mass is 32.2. The maximum absolute atomic E-state index is 12.3. The summed E-state index contributed by atoms with van der Waals surface area (Å²) in [4.78, 5) is 24.2. The van der Waals surface area contributed by atoms with Gasteiger partial charge in [0, 0.05) is 18.7 Å². The molecule has 1 unspecified atom stereocenters. The van der Waals surface area contributed by atoms with E-state index in [2.05, 4.69) is 20.8 Å². The maximum atomic E-state index is 12.3. The van der Waals surface area contributed by atoms with Gasteiger partial charge in [-0.1, -0.05) is 29.2 Å². The number of hydrogen-bond donors (Lipinski definition) is 2. The van der Waals surface area contributed by atoms with Crippen LogP contribution in [0.25, 0.3) is 0 Å². The molecule has 1 aliphatic rings. The number of carbonyl (C=O) groups excluding carboxylic acids is 2. The lowest BCUT2D eigenvalue weighted by Crippen LogP contribution is -2.32. The van der Waals surface area contributed by atoms with Crippen molar-refractivity contribution in [2.45, 2.75) is 37.1 Å². The Kier molecular flexibility index (Phi) is 6.81. The quantitative estimate of drug-likeness (QED) is 0.543. The topological polar surface area (TPSA) is 93.2 Å². The molecule has 1 aromatic heterocycles. The zero-order valence-electron chi connectivity index (χ0n) is 15.3. The van der Waals surface area contributed by atoms with Gasteiger partial charge in [0.2, 0.25) is 11.0 Å². The Morgan fingerprint density at radius 1 is 1.30 bits per heavy atom. The lowest BCUT2D eigenvalue weighted by Gasteiger charge is -2.09. The number of benzene rings is 1. The number of nitrogens with one attached hydrogen (secondary N) is 2. The van der Waals surface area contributed by atoms with Crippen molar-refractivity contribution in [2.75, 3.05) is 24.2 Å². The fourth-order valence-electron chi connectivity index (χ4n) is 2.58. The van der Waals surface area contributed by atoms with Gasteiger partial charge in [0.1, 0.15) is 0 Å². The highest BCUT2D eigenvalue weighted by molar-refractivity contribution is 8.01. The first-order valence-corrected chi connectivity index (χ1v) is 10.5. The molecule has 1 saturated heterocycles. The minimum atomic E-state index is -0.222. The van der Waals surface area contributed by atoms with Crippen LogP contribution in [0.1, 0.15) is 34.3 Å². The Hall–Kier alpha value is -1.97. The smallest absolute Gasteiger partial charge is 0.257 e. The number of hydrogen-bond acceptors (Lipinski definition) is 7. The van der Waals surface area contributed by atoms with Crippen LogP contribution in [-0.2, 0) is 9.53 Å². The fraction of sp³-hybridized carbons (Fsp3) is 0.444. The molecule has 3 rings (SSSR count). The normalized spacial score (nSPS) is 16.3. The third kappa shape index (κ3) is 5.75. The van der Waals surface area contributed by atoms with E-state index < -0.39 is 0 Å². The molecule has 1 aliphatic heterocycles. The molecule has 0 radical (unpaired) electrons. The number of aromatic nitrogens is 2. The Morgan fingerprint density at radius 3 is 2.89 bits per heavy atom. The van der Waals surface area contributed by atoms with E-state index in [1.165, 1.54) is 23.1 Å². The second kappa shape index (κ2) is 9.29. The molecule has 7 nitrogen and oxygen atoms in total. The molecule has 0 aliphatic carbocycles. The highest BCUT2D eigenvalue weighted by Crippen LogP contribution is 2.25. The zero-order valence-corrected chi connectivity index (χ0v) is 16.9. The van der Waals surface area contributed by atoms with Gasteiger partial charge in [-0.25, -0.2) is 0 Å². The molecule has 0 bridgehead atoms. The van der Waals surface area contributed by atoms with Crippen molar-refractivity contribution in [3.05, 3.63) is 34.9 Å². The van der Waals surface area contributed by atoms with Crippen molar-refractivity contribution in [2.24, 2.45) is 0 Å². The Bertz CT molecular complexity index is 819. The van der Waals surface area contributed by atoms with Crippen LogP contribution in [0.5, 0.6) is 0 Å². The van der Waals surface area contributed by atoms with E-state index in [-0.39, 0.29) is 23.7 Å². The molecule has 2 N–H and O–H groups in total. The summed E-state index contributed by atoms with van der Waals surface area (Å²) in [5.41, 5.74) is 2.78. The van der Waals surface area contributed by atoms with Gasteiger partial charge in [-0.2, -0.15) is 0 Å². The summed E-state index contributed by atoms with van der Waals surface area (Å²) < 4.78 is 6.11. The number of aryl methyl sites for hydroxylation is 2. The first kappa shape index (κ1) is 19.8. The van der Waals surface area contributed by atoms with Crippen molar-refractivity contribution in [3.63, 3.8) is 0 Å². The van der Waals surface area contributed by atoms with Crippen molar-refractivity contribution in [3.8, 4) is 0 Å². The third-order valence-corrected chi connectivity index (χ3v) is 6.25.